The Bertz CT molecular complexity index is 1310. The van der Waals surface area contributed by atoms with Crippen LogP contribution in [0.4, 0.5) is 0 Å². The maximum atomic E-state index is 10.7. The van der Waals surface area contributed by atoms with Crippen molar-refractivity contribution in [3.05, 3.63) is 130 Å². The third kappa shape index (κ3) is 11.6. The number of ether oxygens (including phenoxy) is 2. The Hall–Kier alpha value is -3.76. The normalized spacial score (nSPS) is 12.5. The van der Waals surface area contributed by atoms with Crippen LogP contribution in [0.1, 0.15) is 71.3 Å². The highest BCUT2D eigenvalue weighted by molar-refractivity contribution is 5.39. The van der Waals surface area contributed by atoms with Crippen molar-refractivity contribution >= 4 is 0 Å². The molecule has 0 fully saturated rings. The van der Waals surface area contributed by atoms with Crippen LogP contribution < -0.4 is 31.6 Å². The van der Waals surface area contributed by atoms with Gasteiger partial charge in [0.25, 0.3) is 0 Å². The van der Waals surface area contributed by atoms with Gasteiger partial charge in [-0.2, -0.15) is 0 Å². The molecule has 0 bridgehead atoms. The molecular formula is C38H50N4O4. The predicted molar refractivity (Wildman–Crippen MR) is 184 cm³/mol. The standard InChI is InChI=1S/C38H50N4O4/c39-23-33-21-31(15-17-37(33)45-27-29-11-5-3-6-12-29)35(43)25-41-19-9-1-2-10-20-42-26-36(44)32-16-18-38(34(22-32)24-40)46-28-30-13-7-4-8-14-30/h3-8,11-18,21-22,35-36,41-44H,1-2,9-10,19-20,23-28,39-40H2. The van der Waals surface area contributed by atoms with Crippen molar-refractivity contribution in [2.45, 2.75) is 64.2 Å². The summed E-state index contributed by atoms with van der Waals surface area (Å²) in [5, 5.41) is 28.1. The number of unbranched alkanes of at least 4 members (excludes halogenated alkanes) is 3. The molecule has 4 aromatic carbocycles. The van der Waals surface area contributed by atoms with Crippen LogP contribution in [0.15, 0.2) is 97.1 Å². The lowest BCUT2D eigenvalue weighted by molar-refractivity contribution is 0.173. The fraction of sp³-hybridized carbons (Fsp3) is 0.368. The van der Waals surface area contributed by atoms with E-state index in [1.54, 1.807) is 0 Å². The first-order valence-electron chi connectivity index (χ1n) is 16.3. The van der Waals surface area contributed by atoms with E-state index in [0.29, 0.717) is 39.4 Å². The largest absolute Gasteiger partial charge is 0.489 e. The van der Waals surface area contributed by atoms with Gasteiger partial charge >= 0.3 is 0 Å². The highest BCUT2D eigenvalue weighted by Gasteiger charge is 2.13. The number of nitrogens with one attached hydrogen (secondary N) is 2. The Morgan fingerprint density at radius 1 is 0.543 bits per heavy atom. The zero-order valence-electron chi connectivity index (χ0n) is 26.7. The second-order valence-corrected chi connectivity index (χ2v) is 11.5. The lowest BCUT2D eigenvalue weighted by Crippen LogP contribution is -2.23. The van der Waals surface area contributed by atoms with Crippen LogP contribution in [0.2, 0.25) is 0 Å². The number of hydrogen-bond acceptors (Lipinski definition) is 8. The summed E-state index contributed by atoms with van der Waals surface area (Å²) in [7, 11) is 0. The summed E-state index contributed by atoms with van der Waals surface area (Å²) in [6, 6.07) is 31.5. The molecule has 4 aromatic rings. The van der Waals surface area contributed by atoms with E-state index < -0.39 is 12.2 Å². The molecule has 0 aliphatic heterocycles. The molecule has 246 valence electrons. The number of nitrogens with two attached hydrogens (primary N) is 2. The first kappa shape index (κ1) is 35.1. The van der Waals surface area contributed by atoms with E-state index in [1.165, 1.54) is 0 Å². The first-order chi connectivity index (χ1) is 22.6. The van der Waals surface area contributed by atoms with Crippen LogP contribution in [0.25, 0.3) is 0 Å². The van der Waals surface area contributed by atoms with E-state index in [4.69, 9.17) is 20.9 Å². The van der Waals surface area contributed by atoms with E-state index in [-0.39, 0.29) is 0 Å². The molecule has 0 spiro atoms. The number of aliphatic hydroxyl groups is 2. The zero-order valence-corrected chi connectivity index (χ0v) is 26.7. The average molecular weight is 627 g/mol. The summed E-state index contributed by atoms with van der Waals surface area (Å²) in [6.07, 6.45) is 3.06. The Kier molecular flexibility index (Phi) is 15.0. The van der Waals surface area contributed by atoms with Gasteiger partial charge in [0.05, 0.1) is 12.2 Å². The Morgan fingerprint density at radius 3 is 1.35 bits per heavy atom. The van der Waals surface area contributed by atoms with Crippen LogP contribution >= 0.6 is 0 Å². The summed E-state index contributed by atoms with van der Waals surface area (Å²) in [5.74, 6) is 1.50. The summed E-state index contributed by atoms with van der Waals surface area (Å²) in [5.41, 5.74) is 17.6. The molecule has 0 amide bonds. The molecule has 0 saturated carbocycles. The van der Waals surface area contributed by atoms with Crippen LogP contribution in [0.3, 0.4) is 0 Å². The van der Waals surface area contributed by atoms with Gasteiger partial charge in [-0.05, 0) is 72.5 Å². The molecule has 2 atom stereocenters. The SMILES string of the molecule is NCc1cc(C(O)CNCCCCCCNCC(O)c2ccc(OCc3ccccc3)c(CN)c2)ccc1OCc1ccccc1. The quantitative estimate of drug-likeness (QED) is 0.0689. The third-order valence-electron chi connectivity index (χ3n) is 7.99. The molecule has 0 saturated heterocycles. The Morgan fingerprint density at radius 2 is 0.957 bits per heavy atom. The van der Waals surface area contributed by atoms with Gasteiger partial charge in [0.1, 0.15) is 24.7 Å². The van der Waals surface area contributed by atoms with Crippen molar-refractivity contribution in [2.24, 2.45) is 11.5 Å². The topological polar surface area (TPSA) is 135 Å². The van der Waals surface area contributed by atoms with Crippen LogP contribution in [-0.2, 0) is 26.3 Å². The van der Waals surface area contributed by atoms with E-state index in [2.05, 4.69) is 10.6 Å². The summed E-state index contributed by atoms with van der Waals surface area (Å²) >= 11 is 0. The third-order valence-corrected chi connectivity index (χ3v) is 7.99. The Balaban J connectivity index is 1.05. The number of benzene rings is 4. The lowest BCUT2D eigenvalue weighted by atomic mass is 10.0. The Labute approximate surface area is 273 Å². The summed E-state index contributed by atoms with van der Waals surface area (Å²) in [6.45, 7) is 4.32. The van der Waals surface area contributed by atoms with Crippen molar-refractivity contribution in [2.75, 3.05) is 26.2 Å². The maximum Gasteiger partial charge on any atom is 0.124 e. The smallest absolute Gasteiger partial charge is 0.124 e. The van der Waals surface area contributed by atoms with Crippen molar-refractivity contribution < 1.29 is 19.7 Å². The van der Waals surface area contributed by atoms with Crippen molar-refractivity contribution in [1.82, 2.24) is 10.6 Å². The molecule has 46 heavy (non-hydrogen) atoms. The predicted octanol–water partition coefficient (Wildman–Crippen LogP) is 5.27. The molecule has 0 heterocycles. The van der Waals surface area contributed by atoms with Gasteiger partial charge in [-0.3, -0.25) is 0 Å². The maximum absolute atomic E-state index is 10.7. The van der Waals surface area contributed by atoms with E-state index >= 15 is 0 Å². The average Bonchev–Trinajstić information content (AvgIpc) is 3.11. The fourth-order valence-electron chi connectivity index (χ4n) is 5.25. The number of rotatable bonds is 21. The monoisotopic (exact) mass is 626 g/mol. The van der Waals surface area contributed by atoms with E-state index in [1.807, 2.05) is 97.1 Å². The van der Waals surface area contributed by atoms with Gasteiger partial charge in [-0.15, -0.1) is 0 Å². The molecule has 8 nitrogen and oxygen atoms in total. The van der Waals surface area contributed by atoms with E-state index in [0.717, 1.165) is 83.7 Å². The van der Waals surface area contributed by atoms with E-state index in [9.17, 15) is 10.2 Å². The molecule has 8 N–H and O–H groups in total. The molecule has 0 aromatic heterocycles. The van der Waals surface area contributed by atoms with Crippen molar-refractivity contribution in [3.63, 3.8) is 0 Å². The van der Waals surface area contributed by atoms with Gasteiger partial charge in [0.15, 0.2) is 0 Å². The highest BCUT2D eigenvalue weighted by atomic mass is 16.5. The van der Waals surface area contributed by atoms with Gasteiger partial charge in [-0.1, -0.05) is 85.6 Å². The number of hydrogen-bond donors (Lipinski definition) is 6. The molecule has 4 rings (SSSR count). The van der Waals surface area contributed by atoms with Gasteiger partial charge in [-0.25, -0.2) is 0 Å². The second kappa shape index (κ2) is 19.7. The second-order valence-electron chi connectivity index (χ2n) is 11.5. The van der Waals surface area contributed by atoms with Gasteiger partial charge in [0, 0.05) is 37.3 Å². The molecule has 2 unspecified atom stereocenters. The molecular weight excluding hydrogens is 576 g/mol. The minimum atomic E-state index is -0.608. The lowest BCUT2D eigenvalue weighted by Gasteiger charge is -2.16. The van der Waals surface area contributed by atoms with Crippen LogP contribution in [0, 0.1) is 0 Å². The minimum Gasteiger partial charge on any atom is -0.489 e. The van der Waals surface area contributed by atoms with Crippen LogP contribution in [-0.4, -0.2) is 36.4 Å². The summed E-state index contributed by atoms with van der Waals surface area (Å²) in [4.78, 5) is 0. The highest BCUT2D eigenvalue weighted by Crippen LogP contribution is 2.25. The fourth-order valence-corrected chi connectivity index (χ4v) is 5.25. The molecule has 8 heteroatoms. The zero-order chi connectivity index (χ0) is 32.4. The van der Waals surface area contributed by atoms with Gasteiger partial charge in [0.2, 0.25) is 0 Å². The van der Waals surface area contributed by atoms with Crippen LogP contribution in [0.5, 0.6) is 11.5 Å². The molecule has 0 radical (unpaired) electrons. The number of aliphatic hydroxyl groups excluding tert-OH is 2. The first-order valence-corrected chi connectivity index (χ1v) is 16.3. The minimum absolute atomic E-state index is 0.346. The van der Waals surface area contributed by atoms with Crippen molar-refractivity contribution in [1.29, 1.82) is 0 Å². The molecule has 0 aliphatic rings. The summed E-state index contributed by atoms with van der Waals surface area (Å²) < 4.78 is 11.9. The molecule has 0 aliphatic carbocycles. The van der Waals surface area contributed by atoms with Crippen molar-refractivity contribution in [3.8, 4) is 11.5 Å². The van der Waals surface area contributed by atoms with Gasteiger partial charge < -0.3 is 41.8 Å².